The molecule has 0 saturated heterocycles. The van der Waals surface area contributed by atoms with Crippen LogP contribution in [0.15, 0.2) is 22.7 Å². The minimum absolute atomic E-state index is 0.0811. The highest BCUT2D eigenvalue weighted by atomic mass is 79.9. The summed E-state index contributed by atoms with van der Waals surface area (Å²) in [5.74, 6) is 3.30. The summed E-state index contributed by atoms with van der Waals surface area (Å²) in [6.45, 7) is 6.44. The molecule has 0 radical (unpaired) electrons. The number of alkyl halides is 1. The standard InChI is InChI=1S/C15H20BrClN2S/c1-4-20-8-7-10(2)19-14-9-12(16)5-6-13(14)18-15(19)11(3)17/h5-6,9-11H,4,7-8H2,1-3H3. The second kappa shape index (κ2) is 7.19. The molecular formula is C15H20BrClN2S. The van der Waals surface area contributed by atoms with Crippen molar-refractivity contribution < 1.29 is 0 Å². The van der Waals surface area contributed by atoms with Crippen LogP contribution in [0.2, 0.25) is 0 Å². The Morgan fingerprint density at radius 2 is 2.15 bits per heavy atom. The first-order chi connectivity index (χ1) is 9.54. The van der Waals surface area contributed by atoms with Gasteiger partial charge in [0.25, 0.3) is 0 Å². The van der Waals surface area contributed by atoms with E-state index in [0.717, 1.165) is 27.8 Å². The monoisotopic (exact) mass is 374 g/mol. The van der Waals surface area contributed by atoms with Crippen LogP contribution in [0.3, 0.4) is 0 Å². The van der Waals surface area contributed by atoms with Crippen molar-refractivity contribution in [2.75, 3.05) is 11.5 Å². The van der Waals surface area contributed by atoms with Gasteiger partial charge < -0.3 is 4.57 Å². The summed E-state index contributed by atoms with van der Waals surface area (Å²) in [7, 11) is 0. The Labute approximate surface area is 138 Å². The number of thioether (sulfide) groups is 1. The normalized spacial score (nSPS) is 14.7. The Bertz CT molecular complexity index is 583. The molecule has 0 spiro atoms. The predicted octanol–water partition coefficient (Wildman–Crippen LogP) is 5.80. The molecule has 0 amide bonds. The number of fused-ring (bicyclic) bond motifs is 1. The van der Waals surface area contributed by atoms with Crippen molar-refractivity contribution in [3.8, 4) is 0 Å². The number of benzene rings is 1. The lowest BCUT2D eigenvalue weighted by atomic mass is 10.2. The van der Waals surface area contributed by atoms with E-state index in [9.17, 15) is 0 Å². The summed E-state index contributed by atoms with van der Waals surface area (Å²) >= 11 is 11.9. The molecule has 0 aliphatic carbocycles. The zero-order valence-electron chi connectivity index (χ0n) is 12.1. The zero-order valence-corrected chi connectivity index (χ0v) is 15.2. The van der Waals surface area contributed by atoms with Crippen molar-refractivity contribution in [1.29, 1.82) is 0 Å². The third kappa shape index (κ3) is 3.52. The molecule has 1 aromatic heterocycles. The maximum absolute atomic E-state index is 6.32. The van der Waals surface area contributed by atoms with Crippen molar-refractivity contribution in [1.82, 2.24) is 9.55 Å². The van der Waals surface area contributed by atoms with Gasteiger partial charge >= 0.3 is 0 Å². The summed E-state index contributed by atoms with van der Waals surface area (Å²) in [6, 6.07) is 6.62. The summed E-state index contributed by atoms with van der Waals surface area (Å²) in [5, 5.41) is -0.0811. The van der Waals surface area contributed by atoms with Crippen LogP contribution in [-0.4, -0.2) is 21.1 Å². The largest absolute Gasteiger partial charge is 0.324 e. The van der Waals surface area contributed by atoms with Gasteiger partial charge in [0.15, 0.2) is 0 Å². The van der Waals surface area contributed by atoms with Crippen molar-refractivity contribution >= 4 is 50.3 Å². The molecule has 2 atom stereocenters. The third-order valence-electron chi connectivity index (χ3n) is 3.36. The van der Waals surface area contributed by atoms with Crippen LogP contribution in [0.1, 0.15) is 44.4 Å². The second-order valence-electron chi connectivity index (χ2n) is 4.92. The first-order valence-corrected chi connectivity index (χ1v) is 9.32. The van der Waals surface area contributed by atoms with Gasteiger partial charge in [-0.05, 0) is 50.0 Å². The Morgan fingerprint density at radius 1 is 1.40 bits per heavy atom. The van der Waals surface area contributed by atoms with Crippen LogP contribution in [0.5, 0.6) is 0 Å². The molecule has 2 aromatic rings. The molecule has 1 heterocycles. The number of halogens is 2. The minimum atomic E-state index is -0.0811. The van der Waals surface area contributed by atoms with E-state index >= 15 is 0 Å². The van der Waals surface area contributed by atoms with Crippen LogP contribution >= 0.6 is 39.3 Å². The number of hydrogen-bond acceptors (Lipinski definition) is 2. The van der Waals surface area contributed by atoms with E-state index in [2.05, 4.69) is 40.4 Å². The van der Waals surface area contributed by atoms with Crippen molar-refractivity contribution in [2.45, 2.75) is 38.6 Å². The van der Waals surface area contributed by atoms with E-state index in [1.807, 2.05) is 30.8 Å². The fraction of sp³-hybridized carbons (Fsp3) is 0.533. The summed E-state index contributed by atoms with van der Waals surface area (Å²) in [6.07, 6.45) is 1.13. The van der Waals surface area contributed by atoms with Gasteiger partial charge in [-0.3, -0.25) is 0 Å². The first-order valence-electron chi connectivity index (χ1n) is 6.93. The molecule has 2 unspecified atom stereocenters. The van der Waals surface area contributed by atoms with Crippen LogP contribution in [0, 0.1) is 0 Å². The fourth-order valence-corrected chi connectivity index (χ4v) is 3.66. The summed E-state index contributed by atoms with van der Waals surface area (Å²) in [5.41, 5.74) is 2.18. The fourth-order valence-electron chi connectivity index (χ4n) is 2.36. The van der Waals surface area contributed by atoms with Crippen molar-refractivity contribution in [3.63, 3.8) is 0 Å². The molecule has 0 aliphatic heterocycles. The number of rotatable bonds is 6. The maximum Gasteiger partial charge on any atom is 0.127 e. The van der Waals surface area contributed by atoms with Gasteiger partial charge in [0.2, 0.25) is 0 Å². The van der Waals surface area contributed by atoms with Crippen LogP contribution < -0.4 is 0 Å². The summed E-state index contributed by atoms with van der Waals surface area (Å²) < 4.78 is 3.38. The van der Waals surface area contributed by atoms with Crippen LogP contribution in [0.25, 0.3) is 11.0 Å². The molecule has 1 aromatic carbocycles. The van der Waals surface area contributed by atoms with Crippen LogP contribution in [0.4, 0.5) is 0 Å². The Kier molecular flexibility index (Phi) is 5.82. The van der Waals surface area contributed by atoms with E-state index in [1.165, 1.54) is 11.5 Å². The van der Waals surface area contributed by atoms with Gasteiger partial charge in [-0.2, -0.15) is 11.8 Å². The average molecular weight is 376 g/mol. The zero-order chi connectivity index (χ0) is 14.7. The van der Waals surface area contributed by atoms with Gasteiger partial charge in [0.1, 0.15) is 5.82 Å². The van der Waals surface area contributed by atoms with Gasteiger partial charge in [-0.15, -0.1) is 11.6 Å². The smallest absolute Gasteiger partial charge is 0.127 e. The molecule has 2 nitrogen and oxygen atoms in total. The number of nitrogens with zero attached hydrogens (tertiary/aromatic N) is 2. The van der Waals surface area contributed by atoms with Gasteiger partial charge in [-0.25, -0.2) is 4.98 Å². The molecule has 5 heteroatoms. The maximum atomic E-state index is 6.32. The Hall–Kier alpha value is -0.190. The van der Waals surface area contributed by atoms with E-state index in [1.54, 1.807) is 0 Å². The van der Waals surface area contributed by atoms with E-state index in [4.69, 9.17) is 16.6 Å². The second-order valence-corrected chi connectivity index (χ2v) is 7.89. The lowest BCUT2D eigenvalue weighted by molar-refractivity contribution is 0.525. The number of imidazole rings is 1. The van der Waals surface area contributed by atoms with E-state index in [0.29, 0.717) is 6.04 Å². The molecule has 0 fully saturated rings. The van der Waals surface area contributed by atoms with Gasteiger partial charge in [0, 0.05) is 10.5 Å². The third-order valence-corrected chi connectivity index (χ3v) is 4.98. The molecule has 2 rings (SSSR count). The predicted molar refractivity (Wildman–Crippen MR) is 94.0 cm³/mol. The Balaban J connectivity index is 2.42. The molecule has 110 valence electrons. The molecule has 0 bridgehead atoms. The topological polar surface area (TPSA) is 17.8 Å². The number of hydrogen-bond donors (Lipinski definition) is 0. The van der Waals surface area contributed by atoms with Gasteiger partial charge in [0.05, 0.1) is 16.4 Å². The highest BCUT2D eigenvalue weighted by Gasteiger charge is 2.19. The molecule has 0 aliphatic rings. The molecule has 0 N–H and O–H groups in total. The number of aromatic nitrogens is 2. The molecule has 20 heavy (non-hydrogen) atoms. The van der Waals surface area contributed by atoms with Crippen molar-refractivity contribution in [2.24, 2.45) is 0 Å². The highest BCUT2D eigenvalue weighted by molar-refractivity contribution is 9.10. The Morgan fingerprint density at radius 3 is 2.80 bits per heavy atom. The van der Waals surface area contributed by atoms with Gasteiger partial charge in [-0.1, -0.05) is 22.9 Å². The minimum Gasteiger partial charge on any atom is -0.324 e. The summed E-state index contributed by atoms with van der Waals surface area (Å²) in [4.78, 5) is 4.71. The average Bonchev–Trinajstić information content (AvgIpc) is 2.77. The van der Waals surface area contributed by atoms with E-state index in [-0.39, 0.29) is 5.38 Å². The van der Waals surface area contributed by atoms with E-state index < -0.39 is 0 Å². The SMILES string of the molecule is CCSCCC(C)n1c(C(C)Cl)nc2ccc(Br)cc21. The lowest BCUT2D eigenvalue weighted by Crippen LogP contribution is -2.11. The van der Waals surface area contributed by atoms with Crippen molar-refractivity contribution in [3.05, 3.63) is 28.5 Å². The highest BCUT2D eigenvalue weighted by Crippen LogP contribution is 2.31. The quantitative estimate of drug-likeness (QED) is 0.469. The molecule has 0 saturated carbocycles. The molecular weight excluding hydrogens is 356 g/mol. The lowest BCUT2D eigenvalue weighted by Gasteiger charge is -2.18. The van der Waals surface area contributed by atoms with Crippen LogP contribution in [-0.2, 0) is 0 Å². The first kappa shape index (κ1) is 16.2.